The lowest BCUT2D eigenvalue weighted by Crippen LogP contribution is -2.34. The van der Waals surface area contributed by atoms with Gasteiger partial charge in [0.1, 0.15) is 5.82 Å². The van der Waals surface area contributed by atoms with Gasteiger partial charge in [-0.3, -0.25) is 0 Å². The highest BCUT2D eigenvalue weighted by Gasteiger charge is 2.20. The van der Waals surface area contributed by atoms with Gasteiger partial charge in [0.2, 0.25) is 0 Å². The van der Waals surface area contributed by atoms with Crippen LogP contribution in [0.3, 0.4) is 0 Å². The summed E-state index contributed by atoms with van der Waals surface area (Å²) in [6.07, 6.45) is 3.56. The van der Waals surface area contributed by atoms with E-state index in [4.69, 9.17) is 10.5 Å². The molecule has 0 saturated carbocycles. The molecule has 4 heteroatoms. The van der Waals surface area contributed by atoms with Gasteiger partial charge in [0.15, 0.2) is 0 Å². The maximum atomic E-state index is 14.1. The maximum Gasteiger partial charge on any atom is 0.146 e. The number of hydrogen-bond acceptors (Lipinski definition) is 3. The summed E-state index contributed by atoms with van der Waals surface area (Å²) in [7, 11) is 1.91. The number of hydrogen-bond donors (Lipinski definition) is 1. The van der Waals surface area contributed by atoms with Crippen LogP contribution in [-0.4, -0.2) is 26.3 Å². The van der Waals surface area contributed by atoms with Crippen molar-refractivity contribution in [2.45, 2.75) is 38.3 Å². The van der Waals surface area contributed by atoms with Crippen LogP contribution in [0.4, 0.5) is 10.1 Å². The minimum Gasteiger partial charge on any atom is -0.376 e. The van der Waals surface area contributed by atoms with Gasteiger partial charge in [-0.25, -0.2) is 4.39 Å². The third-order valence-electron chi connectivity index (χ3n) is 3.64. The van der Waals surface area contributed by atoms with Gasteiger partial charge in [-0.05, 0) is 37.8 Å². The molecule has 1 aromatic rings. The van der Waals surface area contributed by atoms with Gasteiger partial charge < -0.3 is 15.4 Å². The number of nitrogens with two attached hydrogens (primary N) is 1. The quantitative estimate of drug-likeness (QED) is 0.910. The largest absolute Gasteiger partial charge is 0.376 e. The first-order chi connectivity index (χ1) is 9.09. The van der Waals surface area contributed by atoms with Crippen molar-refractivity contribution in [2.75, 3.05) is 25.1 Å². The van der Waals surface area contributed by atoms with Crippen molar-refractivity contribution in [2.24, 2.45) is 5.73 Å². The molecule has 3 nitrogen and oxygen atoms in total. The molecule has 0 spiro atoms. The number of rotatable bonds is 4. The van der Waals surface area contributed by atoms with Crippen LogP contribution >= 0.6 is 0 Å². The van der Waals surface area contributed by atoms with Crippen molar-refractivity contribution in [3.63, 3.8) is 0 Å². The third kappa shape index (κ3) is 3.45. The zero-order chi connectivity index (χ0) is 13.8. The summed E-state index contributed by atoms with van der Waals surface area (Å²) in [6.45, 7) is 3.40. The third-order valence-corrected chi connectivity index (χ3v) is 3.64. The highest BCUT2D eigenvalue weighted by atomic mass is 19.1. The van der Waals surface area contributed by atoms with Crippen LogP contribution in [0.25, 0.3) is 0 Å². The van der Waals surface area contributed by atoms with Crippen molar-refractivity contribution >= 4 is 5.69 Å². The van der Waals surface area contributed by atoms with E-state index in [0.29, 0.717) is 12.2 Å². The second kappa shape index (κ2) is 6.35. The summed E-state index contributed by atoms with van der Waals surface area (Å²) in [5.41, 5.74) is 7.38. The highest BCUT2D eigenvalue weighted by Crippen LogP contribution is 2.28. The number of nitrogens with zero attached hydrogens (tertiary/aromatic N) is 1. The SMILES string of the molecule is CC(N)c1cccc(F)c1N(C)CC1CCCCO1. The van der Waals surface area contributed by atoms with E-state index in [1.807, 2.05) is 24.9 Å². The number of para-hydroxylation sites is 1. The Labute approximate surface area is 114 Å². The van der Waals surface area contributed by atoms with Crippen LogP contribution in [0.1, 0.15) is 37.8 Å². The molecule has 2 unspecified atom stereocenters. The van der Waals surface area contributed by atoms with Crippen LogP contribution in [0.5, 0.6) is 0 Å². The fourth-order valence-electron chi connectivity index (χ4n) is 2.65. The monoisotopic (exact) mass is 266 g/mol. The van der Waals surface area contributed by atoms with E-state index >= 15 is 0 Å². The predicted octanol–water partition coefficient (Wildman–Crippen LogP) is 2.85. The fraction of sp³-hybridized carbons (Fsp3) is 0.600. The van der Waals surface area contributed by atoms with Crippen LogP contribution in [0.2, 0.25) is 0 Å². The van der Waals surface area contributed by atoms with Crippen molar-refractivity contribution in [1.82, 2.24) is 0 Å². The smallest absolute Gasteiger partial charge is 0.146 e. The molecule has 2 atom stereocenters. The maximum absolute atomic E-state index is 14.1. The van der Waals surface area contributed by atoms with Gasteiger partial charge in [0.05, 0.1) is 11.8 Å². The topological polar surface area (TPSA) is 38.5 Å². The summed E-state index contributed by atoms with van der Waals surface area (Å²) >= 11 is 0. The van der Waals surface area contributed by atoms with E-state index in [-0.39, 0.29) is 18.0 Å². The molecule has 0 amide bonds. The van der Waals surface area contributed by atoms with Crippen molar-refractivity contribution in [3.05, 3.63) is 29.6 Å². The Morgan fingerprint density at radius 2 is 2.26 bits per heavy atom. The number of benzene rings is 1. The van der Waals surface area contributed by atoms with E-state index < -0.39 is 0 Å². The van der Waals surface area contributed by atoms with E-state index in [9.17, 15) is 4.39 Å². The van der Waals surface area contributed by atoms with Gasteiger partial charge in [0, 0.05) is 26.2 Å². The Morgan fingerprint density at radius 3 is 2.89 bits per heavy atom. The zero-order valence-electron chi connectivity index (χ0n) is 11.7. The first kappa shape index (κ1) is 14.3. The molecule has 0 aliphatic carbocycles. The van der Waals surface area contributed by atoms with Crippen molar-refractivity contribution < 1.29 is 9.13 Å². The zero-order valence-corrected chi connectivity index (χ0v) is 11.7. The molecular formula is C15H23FN2O. The fourth-order valence-corrected chi connectivity index (χ4v) is 2.65. The molecule has 2 N–H and O–H groups in total. The molecule has 0 aromatic heterocycles. The molecular weight excluding hydrogens is 243 g/mol. The molecule has 106 valence electrons. The second-order valence-corrected chi connectivity index (χ2v) is 5.34. The first-order valence-corrected chi connectivity index (χ1v) is 6.96. The van der Waals surface area contributed by atoms with Crippen molar-refractivity contribution in [3.8, 4) is 0 Å². The Hall–Kier alpha value is -1.13. The van der Waals surface area contributed by atoms with Gasteiger partial charge >= 0.3 is 0 Å². The van der Waals surface area contributed by atoms with Gasteiger partial charge in [0.25, 0.3) is 0 Å². The Morgan fingerprint density at radius 1 is 1.47 bits per heavy atom. The molecule has 1 aliphatic heterocycles. The molecule has 0 radical (unpaired) electrons. The summed E-state index contributed by atoms with van der Waals surface area (Å²) in [4.78, 5) is 1.93. The average Bonchev–Trinajstić information content (AvgIpc) is 2.39. The second-order valence-electron chi connectivity index (χ2n) is 5.34. The first-order valence-electron chi connectivity index (χ1n) is 6.96. The van der Waals surface area contributed by atoms with E-state index in [0.717, 1.165) is 25.0 Å². The number of ether oxygens (including phenoxy) is 1. The Balaban J connectivity index is 2.15. The lowest BCUT2D eigenvalue weighted by molar-refractivity contribution is 0.0215. The Kier molecular flexibility index (Phi) is 4.77. The van der Waals surface area contributed by atoms with Crippen LogP contribution in [0.15, 0.2) is 18.2 Å². The molecule has 1 heterocycles. The molecule has 0 bridgehead atoms. The average molecular weight is 266 g/mol. The van der Waals surface area contributed by atoms with Gasteiger partial charge in [-0.2, -0.15) is 0 Å². The predicted molar refractivity (Wildman–Crippen MR) is 75.9 cm³/mol. The summed E-state index contributed by atoms with van der Waals surface area (Å²) < 4.78 is 19.8. The number of anilines is 1. The lowest BCUT2D eigenvalue weighted by atomic mass is 10.0. The van der Waals surface area contributed by atoms with E-state index in [1.165, 1.54) is 12.5 Å². The molecule has 1 aliphatic rings. The van der Waals surface area contributed by atoms with E-state index in [2.05, 4.69) is 0 Å². The standard InChI is InChI=1S/C15H23FN2O/c1-11(17)13-7-5-8-14(16)15(13)18(2)10-12-6-3-4-9-19-12/h5,7-8,11-12H,3-4,6,9-10,17H2,1-2H3. The minimum absolute atomic E-state index is 0.180. The van der Waals surface area contributed by atoms with Gasteiger partial charge in [-0.15, -0.1) is 0 Å². The summed E-state index contributed by atoms with van der Waals surface area (Å²) in [5.74, 6) is -0.215. The molecule has 2 rings (SSSR count). The normalized spacial score (nSPS) is 21.2. The number of halogens is 1. The van der Waals surface area contributed by atoms with Gasteiger partial charge in [-0.1, -0.05) is 12.1 Å². The Bertz CT molecular complexity index is 417. The molecule has 1 fully saturated rings. The highest BCUT2D eigenvalue weighted by molar-refractivity contribution is 5.55. The van der Waals surface area contributed by atoms with E-state index in [1.54, 1.807) is 6.07 Å². The van der Waals surface area contributed by atoms with Crippen LogP contribution in [0, 0.1) is 5.82 Å². The van der Waals surface area contributed by atoms with Crippen molar-refractivity contribution in [1.29, 1.82) is 0 Å². The van der Waals surface area contributed by atoms with Crippen LogP contribution in [-0.2, 0) is 4.74 Å². The molecule has 1 aromatic carbocycles. The molecule has 19 heavy (non-hydrogen) atoms. The summed E-state index contributed by atoms with van der Waals surface area (Å²) in [6, 6.07) is 4.91. The summed E-state index contributed by atoms with van der Waals surface area (Å²) in [5, 5.41) is 0. The number of likely N-dealkylation sites (N-methyl/N-ethyl adjacent to an activating group) is 1. The molecule has 1 saturated heterocycles. The van der Waals surface area contributed by atoms with Crippen LogP contribution < -0.4 is 10.6 Å². The minimum atomic E-state index is -0.215. The lowest BCUT2D eigenvalue weighted by Gasteiger charge is -2.30.